The van der Waals surface area contributed by atoms with Crippen LogP contribution in [0.5, 0.6) is 11.6 Å². The van der Waals surface area contributed by atoms with Gasteiger partial charge in [0.15, 0.2) is 0 Å². The van der Waals surface area contributed by atoms with Crippen molar-refractivity contribution in [2.45, 2.75) is 6.18 Å². The van der Waals surface area contributed by atoms with Crippen LogP contribution in [0.25, 0.3) is 10.9 Å². The fourth-order valence-corrected chi connectivity index (χ4v) is 2.13. The maximum Gasteiger partial charge on any atom is 0.416 e. The van der Waals surface area contributed by atoms with Crippen LogP contribution in [0.4, 0.5) is 13.2 Å². The summed E-state index contributed by atoms with van der Waals surface area (Å²) in [4.78, 5) is 4.25. The van der Waals surface area contributed by atoms with Gasteiger partial charge in [-0.05, 0) is 30.3 Å². The molecule has 0 unspecified atom stereocenters. The highest BCUT2D eigenvalue weighted by molar-refractivity contribution is 5.85. The second kappa shape index (κ2) is 5.61. The molecule has 1 heterocycles. The molecular formula is C17H9F3N2O. The SMILES string of the molecule is N#Cc1cc(Oc2ccc(C(F)(F)F)cc2)nc2ccccc12. The highest BCUT2D eigenvalue weighted by atomic mass is 19.4. The molecule has 0 aliphatic rings. The number of hydrogen-bond donors (Lipinski definition) is 0. The zero-order valence-corrected chi connectivity index (χ0v) is 11.6. The Morgan fingerprint density at radius 3 is 2.35 bits per heavy atom. The number of nitriles is 1. The number of halogens is 3. The molecule has 3 nitrogen and oxygen atoms in total. The van der Waals surface area contributed by atoms with Crippen LogP contribution in [0.2, 0.25) is 0 Å². The predicted octanol–water partition coefficient (Wildman–Crippen LogP) is 4.92. The summed E-state index contributed by atoms with van der Waals surface area (Å²) in [6, 6.07) is 14.9. The standard InChI is InChI=1S/C17H9F3N2O/c18-17(19,20)12-5-7-13(8-6-12)23-16-9-11(10-21)14-3-1-2-4-15(14)22-16/h1-9H. The summed E-state index contributed by atoms with van der Waals surface area (Å²) in [5.41, 5.74) is 0.208. The minimum Gasteiger partial charge on any atom is -0.439 e. The lowest BCUT2D eigenvalue weighted by Gasteiger charge is -2.09. The smallest absolute Gasteiger partial charge is 0.416 e. The summed E-state index contributed by atoms with van der Waals surface area (Å²) in [5, 5.41) is 9.88. The first-order valence-electron chi connectivity index (χ1n) is 6.62. The molecule has 6 heteroatoms. The Kier molecular flexibility index (Phi) is 3.62. The van der Waals surface area contributed by atoms with Gasteiger partial charge >= 0.3 is 6.18 Å². The molecule has 3 rings (SSSR count). The molecule has 114 valence electrons. The fraction of sp³-hybridized carbons (Fsp3) is 0.0588. The fourth-order valence-electron chi connectivity index (χ4n) is 2.13. The lowest BCUT2D eigenvalue weighted by molar-refractivity contribution is -0.137. The summed E-state index contributed by atoms with van der Waals surface area (Å²) >= 11 is 0. The normalized spacial score (nSPS) is 11.2. The van der Waals surface area contributed by atoms with E-state index in [4.69, 9.17) is 4.74 Å². The zero-order chi connectivity index (χ0) is 16.4. The van der Waals surface area contributed by atoms with Crippen molar-refractivity contribution < 1.29 is 17.9 Å². The van der Waals surface area contributed by atoms with E-state index < -0.39 is 11.7 Å². The van der Waals surface area contributed by atoms with Crippen molar-refractivity contribution in [2.75, 3.05) is 0 Å². The van der Waals surface area contributed by atoms with Crippen molar-refractivity contribution in [1.82, 2.24) is 4.98 Å². The van der Waals surface area contributed by atoms with Crippen molar-refractivity contribution in [3.8, 4) is 17.7 Å². The molecule has 0 atom stereocenters. The monoisotopic (exact) mass is 314 g/mol. The first-order valence-corrected chi connectivity index (χ1v) is 6.62. The van der Waals surface area contributed by atoms with E-state index in [2.05, 4.69) is 11.1 Å². The molecule has 23 heavy (non-hydrogen) atoms. The number of hydrogen-bond acceptors (Lipinski definition) is 3. The Bertz CT molecular complexity index is 896. The van der Waals surface area contributed by atoms with Gasteiger partial charge < -0.3 is 4.74 Å². The average Bonchev–Trinajstić information content (AvgIpc) is 2.53. The zero-order valence-electron chi connectivity index (χ0n) is 11.6. The highest BCUT2D eigenvalue weighted by Gasteiger charge is 2.30. The molecule has 0 bridgehead atoms. The van der Waals surface area contributed by atoms with Gasteiger partial charge in [-0.1, -0.05) is 18.2 Å². The summed E-state index contributed by atoms with van der Waals surface area (Å²) in [5.74, 6) is 0.365. The largest absolute Gasteiger partial charge is 0.439 e. The van der Waals surface area contributed by atoms with Gasteiger partial charge in [-0.2, -0.15) is 18.4 Å². The number of alkyl halides is 3. The number of pyridine rings is 1. The van der Waals surface area contributed by atoms with Gasteiger partial charge in [0, 0.05) is 11.5 Å². The maximum atomic E-state index is 12.5. The summed E-state index contributed by atoms with van der Waals surface area (Å²) < 4.78 is 43.1. The lowest BCUT2D eigenvalue weighted by atomic mass is 10.1. The van der Waals surface area contributed by atoms with E-state index in [9.17, 15) is 18.4 Å². The summed E-state index contributed by atoms with van der Waals surface area (Å²) in [7, 11) is 0. The van der Waals surface area contributed by atoms with E-state index in [0.29, 0.717) is 16.5 Å². The molecule has 0 saturated heterocycles. The van der Waals surface area contributed by atoms with Crippen molar-refractivity contribution in [2.24, 2.45) is 0 Å². The highest BCUT2D eigenvalue weighted by Crippen LogP contribution is 2.31. The maximum absolute atomic E-state index is 12.5. The minimum absolute atomic E-state index is 0.153. The average molecular weight is 314 g/mol. The molecule has 0 saturated carbocycles. The van der Waals surface area contributed by atoms with E-state index in [1.807, 2.05) is 0 Å². The Hall–Kier alpha value is -3.07. The molecule has 0 spiro atoms. The van der Waals surface area contributed by atoms with E-state index in [-0.39, 0.29) is 11.6 Å². The second-order valence-corrected chi connectivity index (χ2v) is 4.76. The number of ether oxygens (including phenoxy) is 1. The van der Waals surface area contributed by atoms with Crippen LogP contribution < -0.4 is 4.74 Å². The van der Waals surface area contributed by atoms with E-state index >= 15 is 0 Å². The molecule has 2 aromatic carbocycles. The van der Waals surface area contributed by atoms with Crippen molar-refractivity contribution >= 4 is 10.9 Å². The van der Waals surface area contributed by atoms with Gasteiger partial charge in [0.2, 0.25) is 5.88 Å². The summed E-state index contributed by atoms with van der Waals surface area (Å²) in [6.45, 7) is 0. The molecule has 3 aromatic rings. The Morgan fingerprint density at radius 2 is 1.70 bits per heavy atom. The molecule has 1 aromatic heterocycles. The second-order valence-electron chi connectivity index (χ2n) is 4.76. The van der Waals surface area contributed by atoms with Crippen LogP contribution >= 0.6 is 0 Å². The number of nitrogens with zero attached hydrogens (tertiary/aromatic N) is 2. The van der Waals surface area contributed by atoms with Gasteiger partial charge in [-0.3, -0.25) is 0 Å². The third-order valence-electron chi connectivity index (χ3n) is 3.22. The van der Waals surface area contributed by atoms with Crippen molar-refractivity contribution in [3.05, 3.63) is 65.7 Å². The van der Waals surface area contributed by atoms with Crippen LogP contribution in [-0.2, 0) is 6.18 Å². The first-order chi connectivity index (χ1) is 11.0. The van der Waals surface area contributed by atoms with Crippen LogP contribution in [0.3, 0.4) is 0 Å². The third kappa shape index (κ3) is 3.09. The quantitative estimate of drug-likeness (QED) is 0.674. The van der Waals surface area contributed by atoms with Gasteiger partial charge in [0.25, 0.3) is 0 Å². The Morgan fingerprint density at radius 1 is 1.00 bits per heavy atom. The van der Waals surface area contributed by atoms with E-state index in [0.717, 1.165) is 12.1 Å². The van der Waals surface area contributed by atoms with Crippen LogP contribution in [0.1, 0.15) is 11.1 Å². The lowest BCUT2D eigenvalue weighted by Crippen LogP contribution is -2.04. The van der Waals surface area contributed by atoms with Crippen LogP contribution in [0.15, 0.2) is 54.6 Å². The predicted molar refractivity (Wildman–Crippen MR) is 78.0 cm³/mol. The Balaban J connectivity index is 1.94. The van der Waals surface area contributed by atoms with Gasteiger partial charge in [0.05, 0.1) is 16.6 Å². The first kappa shape index (κ1) is 14.9. The Labute approximate surface area is 129 Å². The minimum atomic E-state index is -4.40. The number of fused-ring (bicyclic) bond motifs is 1. The molecule has 0 aliphatic carbocycles. The van der Waals surface area contributed by atoms with Gasteiger partial charge in [-0.15, -0.1) is 0 Å². The van der Waals surface area contributed by atoms with Crippen LogP contribution in [0, 0.1) is 11.3 Å². The van der Waals surface area contributed by atoms with Crippen molar-refractivity contribution in [1.29, 1.82) is 5.26 Å². The molecule has 0 aliphatic heterocycles. The van der Waals surface area contributed by atoms with E-state index in [1.54, 1.807) is 24.3 Å². The topological polar surface area (TPSA) is 45.9 Å². The third-order valence-corrected chi connectivity index (χ3v) is 3.22. The molecule has 0 N–H and O–H groups in total. The number of aromatic nitrogens is 1. The molecule has 0 amide bonds. The van der Waals surface area contributed by atoms with Crippen molar-refractivity contribution in [3.63, 3.8) is 0 Å². The van der Waals surface area contributed by atoms with Gasteiger partial charge in [-0.25, -0.2) is 4.98 Å². The van der Waals surface area contributed by atoms with Gasteiger partial charge in [0.1, 0.15) is 11.8 Å². The number of rotatable bonds is 2. The number of benzene rings is 2. The number of para-hydroxylation sites is 1. The molecule has 0 fully saturated rings. The summed E-state index contributed by atoms with van der Waals surface area (Å²) in [6.07, 6.45) is -4.40. The molecular weight excluding hydrogens is 305 g/mol. The molecule has 0 radical (unpaired) electrons. The van der Waals surface area contributed by atoms with E-state index in [1.165, 1.54) is 18.2 Å². The van der Waals surface area contributed by atoms with Crippen LogP contribution in [-0.4, -0.2) is 4.98 Å².